The number of aromatic carboxylic acids is 1. The van der Waals surface area contributed by atoms with Gasteiger partial charge < -0.3 is 19.4 Å². The van der Waals surface area contributed by atoms with Crippen molar-refractivity contribution in [3.63, 3.8) is 0 Å². The average molecular weight is 220 g/mol. The van der Waals surface area contributed by atoms with Crippen LogP contribution in [0.1, 0.15) is 16.1 Å². The largest absolute Gasteiger partial charge is 0.475 e. The molecule has 0 spiro atoms. The molecule has 0 saturated carbocycles. The van der Waals surface area contributed by atoms with E-state index in [-0.39, 0.29) is 5.76 Å². The fourth-order valence-electron chi connectivity index (χ4n) is 1.55. The van der Waals surface area contributed by atoms with Crippen LogP contribution in [0.3, 0.4) is 0 Å². The van der Waals surface area contributed by atoms with Crippen molar-refractivity contribution in [1.82, 2.24) is 4.98 Å². The molecule has 2 heterocycles. The molecule has 84 valence electrons. The van der Waals surface area contributed by atoms with Crippen LogP contribution in [0.4, 0.5) is 5.82 Å². The number of anilines is 1. The predicted molar refractivity (Wildman–Crippen MR) is 58.6 cm³/mol. The maximum atomic E-state index is 10.8. The number of H-pyrrole nitrogens is 1. The number of hydrogen-bond donors (Lipinski definition) is 2. The van der Waals surface area contributed by atoms with Gasteiger partial charge in [0.25, 0.3) is 0 Å². The molecule has 0 aliphatic heterocycles. The molecule has 2 rings (SSSR count). The number of nitrogens with one attached hydrogen (secondary N) is 1. The van der Waals surface area contributed by atoms with Crippen LogP contribution in [0.15, 0.2) is 35.1 Å². The molecule has 5 heteroatoms. The lowest BCUT2D eigenvalue weighted by Crippen LogP contribution is -2.17. The summed E-state index contributed by atoms with van der Waals surface area (Å²) >= 11 is 0. The zero-order chi connectivity index (χ0) is 11.5. The number of hydrogen-bond acceptors (Lipinski definition) is 3. The molecule has 0 atom stereocenters. The van der Waals surface area contributed by atoms with Gasteiger partial charge in [0, 0.05) is 25.4 Å². The first-order valence-electron chi connectivity index (χ1n) is 4.82. The Balaban J connectivity index is 2.15. The molecule has 0 aliphatic rings. The molecular weight excluding hydrogens is 208 g/mol. The number of carboxylic acids is 1. The fraction of sp³-hybridized carbons (Fsp3) is 0.182. The van der Waals surface area contributed by atoms with Crippen LogP contribution in [0.2, 0.25) is 0 Å². The maximum absolute atomic E-state index is 10.8. The van der Waals surface area contributed by atoms with Crippen molar-refractivity contribution in [2.45, 2.75) is 6.54 Å². The van der Waals surface area contributed by atoms with Gasteiger partial charge in [0.05, 0.1) is 6.26 Å². The molecule has 0 bridgehead atoms. The second-order valence-electron chi connectivity index (χ2n) is 3.49. The van der Waals surface area contributed by atoms with Crippen molar-refractivity contribution in [2.75, 3.05) is 11.9 Å². The standard InChI is InChI=1S/C11H12N2O3/c1-13(9-3-2-5-12-9)7-8-4-6-16-10(8)11(14)15/h2-6,12H,7H2,1H3,(H,14,15). The molecule has 2 N–H and O–H groups in total. The quantitative estimate of drug-likeness (QED) is 0.826. The highest BCUT2D eigenvalue weighted by atomic mass is 16.4. The highest BCUT2D eigenvalue weighted by Crippen LogP contribution is 2.16. The summed E-state index contributed by atoms with van der Waals surface area (Å²) in [7, 11) is 1.88. The van der Waals surface area contributed by atoms with Crippen molar-refractivity contribution >= 4 is 11.8 Å². The Hall–Kier alpha value is -2.17. The second-order valence-corrected chi connectivity index (χ2v) is 3.49. The molecule has 0 saturated heterocycles. The molecule has 0 unspecified atom stereocenters. The van der Waals surface area contributed by atoms with Gasteiger partial charge in [-0.2, -0.15) is 0 Å². The van der Waals surface area contributed by atoms with Crippen LogP contribution < -0.4 is 4.90 Å². The van der Waals surface area contributed by atoms with E-state index in [9.17, 15) is 4.79 Å². The van der Waals surface area contributed by atoms with Gasteiger partial charge in [-0.25, -0.2) is 4.79 Å². The number of aromatic nitrogens is 1. The number of rotatable bonds is 4. The molecular formula is C11H12N2O3. The molecule has 5 nitrogen and oxygen atoms in total. The number of carboxylic acid groups (broad SMARTS) is 1. The first-order chi connectivity index (χ1) is 7.68. The van der Waals surface area contributed by atoms with E-state index in [2.05, 4.69) is 4.98 Å². The summed E-state index contributed by atoms with van der Waals surface area (Å²) in [6.45, 7) is 0.485. The minimum atomic E-state index is -1.04. The van der Waals surface area contributed by atoms with Gasteiger partial charge in [-0.05, 0) is 18.2 Å². The van der Waals surface area contributed by atoms with Crippen LogP contribution >= 0.6 is 0 Å². The van der Waals surface area contributed by atoms with Crippen molar-refractivity contribution in [3.8, 4) is 0 Å². The summed E-state index contributed by atoms with van der Waals surface area (Å²) in [5.74, 6) is -0.115. The predicted octanol–water partition coefficient (Wildman–Crippen LogP) is 1.94. The third-order valence-corrected chi connectivity index (χ3v) is 2.34. The number of furan rings is 1. The van der Waals surface area contributed by atoms with Crippen LogP contribution in [-0.2, 0) is 6.54 Å². The Bertz CT molecular complexity index is 473. The summed E-state index contributed by atoms with van der Waals surface area (Å²) in [6.07, 6.45) is 3.21. The van der Waals surface area contributed by atoms with E-state index in [1.54, 1.807) is 6.07 Å². The lowest BCUT2D eigenvalue weighted by Gasteiger charge is -2.16. The molecule has 0 radical (unpaired) electrons. The molecule has 0 aromatic carbocycles. The lowest BCUT2D eigenvalue weighted by molar-refractivity contribution is 0.0661. The summed E-state index contributed by atoms with van der Waals surface area (Å²) in [5.41, 5.74) is 0.657. The summed E-state index contributed by atoms with van der Waals surface area (Å²) in [5, 5.41) is 8.88. The van der Waals surface area contributed by atoms with Gasteiger partial charge in [-0.3, -0.25) is 0 Å². The van der Waals surface area contributed by atoms with Crippen LogP contribution in [0.25, 0.3) is 0 Å². The van der Waals surface area contributed by atoms with E-state index in [4.69, 9.17) is 9.52 Å². The minimum absolute atomic E-state index is 0.00148. The smallest absolute Gasteiger partial charge is 0.372 e. The molecule has 0 aliphatic carbocycles. The maximum Gasteiger partial charge on any atom is 0.372 e. The third-order valence-electron chi connectivity index (χ3n) is 2.34. The van der Waals surface area contributed by atoms with Crippen LogP contribution in [-0.4, -0.2) is 23.1 Å². The monoisotopic (exact) mass is 220 g/mol. The van der Waals surface area contributed by atoms with Crippen LogP contribution in [0.5, 0.6) is 0 Å². The number of aromatic amines is 1. The van der Waals surface area contributed by atoms with Crippen molar-refractivity contribution in [2.24, 2.45) is 0 Å². The van der Waals surface area contributed by atoms with Crippen molar-refractivity contribution in [1.29, 1.82) is 0 Å². The fourth-order valence-corrected chi connectivity index (χ4v) is 1.55. The Labute approximate surface area is 92.3 Å². The van der Waals surface area contributed by atoms with Gasteiger partial charge in [0.2, 0.25) is 5.76 Å². The van der Waals surface area contributed by atoms with Crippen molar-refractivity contribution in [3.05, 3.63) is 42.0 Å². The summed E-state index contributed by atoms with van der Waals surface area (Å²) < 4.78 is 4.91. The molecule has 2 aromatic heterocycles. The third kappa shape index (κ3) is 1.93. The molecule has 2 aromatic rings. The highest BCUT2D eigenvalue weighted by Gasteiger charge is 2.15. The topological polar surface area (TPSA) is 69.5 Å². The normalized spacial score (nSPS) is 10.3. The van der Waals surface area contributed by atoms with E-state index in [1.165, 1.54) is 6.26 Å². The van der Waals surface area contributed by atoms with Crippen LogP contribution in [0, 0.1) is 0 Å². The van der Waals surface area contributed by atoms with Gasteiger partial charge in [0.15, 0.2) is 0 Å². The zero-order valence-corrected chi connectivity index (χ0v) is 8.80. The zero-order valence-electron chi connectivity index (χ0n) is 8.80. The van der Waals surface area contributed by atoms with Crippen molar-refractivity contribution < 1.29 is 14.3 Å². The summed E-state index contributed by atoms with van der Waals surface area (Å²) in [6, 6.07) is 5.47. The minimum Gasteiger partial charge on any atom is -0.475 e. The Morgan fingerprint density at radius 3 is 3.00 bits per heavy atom. The highest BCUT2D eigenvalue weighted by molar-refractivity contribution is 5.86. The number of carbonyl (C=O) groups is 1. The van der Waals surface area contributed by atoms with Gasteiger partial charge in [-0.1, -0.05) is 0 Å². The van der Waals surface area contributed by atoms with E-state index in [1.807, 2.05) is 30.3 Å². The molecule has 16 heavy (non-hydrogen) atoms. The molecule has 0 amide bonds. The first-order valence-corrected chi connectivity index (χ1v) is 4.82. The Morgan fingerprint density at radius 2 is 2.38 bits per heavy atom. The van der Waals surface area contributed by atoms with Gasteiger partial charge in [-0.15, -0.1) is 0 Å². The molecule has 0 fully saturated rings. The van der Waals surface area contributed by atoms with E-state index in [0.29, 0.717) is 12.1 Å². The van der Waals surface area contributed by atoms with E-state index < -0.39 is 5.97 Å². The van der Waals surface area contributed by atoms with E-state index >= 15 is 0 Å². The lowest BCUT2D eigenvalue weighted by atomic mass is 10.2. The first kappa shape index (κ1) is 10.4. The number of nitrogens with zero attached hydrogens (tertiary/aromatic N) is 1. The Morgan fingerprint density at radius 1 is 1.56 bits per heavy atom. The Kier molecular flexibility index (Phi) is 2.68. The SMILES string of the molecule is CN(Cc1ccoc1C(=O)O)c1ccc[nH]1. The second kappa shape index (κ2) is 4.14. The summed E-state index contributed by atoms with van der Waals surface area (Å²) in [4.78, 5) is 15.8. The van der Waals surface area contributed by atoms with Gasteiger partial charge >= 0.3 is 5.97 Å². The van der Waals surface area contributed by atoms with Gasteiger partial charge in [0.1, 0.15) is 5.82 Å². The van der Waals surface area contributed by atoms with E-state index in [0.717, 1.165) is 5.82 Å². The average Bonchev–Trinajstić information content (AvgIpc) is 2.86.